The molecule has 0 fully saturated rings. The van der Waals surface area contributed by atoms with E-state index in [4.69, 9.17) is 4.74 Å². The van der Waals surface area contributed by atoms with Crippen LogP contribution in [0.1, 0.15) is 10.4 Å². The van der Waals surface area contributed by atoms with Gasteiger partial charge in [0.25, 0.3) is 0 Å². The molecule has 1 atom stereocenters. The normalized spacial score (nSPS) is 20.8. The highest BCUT2D eigenvalue weighted by atomic mass is 79.9. The monoisotopic (exact) mass is 304 g/mol. The van der Waals surface area contributed by atoms with E-state index in [1.165, 1.54) is 0 Å². The van der Waals surface area contributed by atoms with Crippen molar-refractivity contribution in [3.05, 3.63) is 28.2 Å². The second kappa shape index (κ2) is 3.42. The number of carbonyl (C=O) groups is 1. The summed E-state index contributed by atoms with van der Waals surface area (Å²) in [6.45, 7) is 0.405. The highest BCUT2D eigenvalue weighted by Gasteiger charge is 2.26. The number of hydrogen-bond donors (Lipinski definition) is 0. The van der Waals surface area contributed by atoms with E-state index >= 15 is 0 Å². The Kier molecular flexibility index (Phi) is 2.43. The molecule has 0 bridgehead atoms. The van der Waals surface area contributed by atoms with Crippen LogP contribution in [0.15, 0.2) is 22.7 Å². The maximum Gasteiger partial charge on any atom is 0.183 e. The van der Waals surface area contributed by atoms with Gasteiger partial charge in [-0.1, -0.05) is 31.9 Å². The molecule has 0 aliphatic carbocycles. The molecule has 1 aromatic rings. The summed E-state index contributed by atoms with van der Waals surface area (Å²) in [4.78, 5) is 11.4. The van der Waals surface area contributed by atoms with Gasteiger partial charge in [-0.25, -0.2) is 0 Å². The zero-order chi connectivity index (χ0) is 9.42. The molecule has 13 heavy (non-hydrogen) atoms. The zero-order valence-electron chi connectivity index (χ0n) is 6.59. The third-order valence-corrected chi connectivity index (χ3v) is 3.05. The maximum atomic E-state index is 11.6. The molecule has 0 radical (unpaired) electrons. The molecule has 0 saturated carbocycles. The number of carbonyl (C=O) groups excluding carboxylic acids is 1. The highest BCUT2D eigenvalue weighted by Crippen LogP contribution is 2.29. The average Bonchev–Trinajstić information content (AvgIpc) is 2.12. The number of rotatable bonds is 0. The van der Waals surface area contributed by atoms with Crippen molar-refractivity contribution in [1.29, 1.82) is 0 Å². The Labute approximate surface area is 92.5 Å². The smallest absolute Gasteiger partial charge is 0.183 e. The summed E-state index contributed by atoms with van der Waals surface area (Å²) in [5, 5.41) is 0. The Balaban J connectivity index is 2.50. The Hall–Kier alpha value is -0.350. The summed E-state index contributed by atoms with van der Waals surface area (Å²) < 4.78 is 6.31. The SMILES string of the molecule is O=C1c2ccc(Br)cc2OCC1Br. The molecular formula is C9H6Br2O2. The number of Topliss-reactive ketones (excluding diaryl/α,β-unsaturated/α-hetero) is 1. The van der Waals surface area contributed by atoms with Crippen molar-refractivity contribution in [3.8, 4) is 5.75 Å². The van der Waals surface area contributed by atoms with Crippen LogP contribution in [-0.4, -0.2) is 17.2 Å². The average molecular weight is 306 g/mol. The minimum absolute atomic E-state index is 0.0914. The molecule has 68 valence electrons. The minimum atomic E-state index is -0.207. The molecule has 2 nitrogen and oxygen atoms in total. The fourth-order valence-corrected chi connectivity index (χ4v) is 1.95. The van der Waals surface area contributed by atoms with E-state index in [2.05, 4.69) is 31.9 Å². The van der Waals surface area contributed by atoms with Crippen LogP contribution in [0.5, 0.6) is 5.75 Å². The van der Waals surface area contributed by atoms with Crippen LogP contribution in [0, 0.1) is 0 Å². The molecule has 1 unspecified atom stereocenters. The molecule has 2 rings (SSSR count). The number of benzene rings is 1. The van der Waals surface area contributed by atoms with Crippen molar-refractivity contribution >= 4 is 37.6 Å². The van der Waals surface area contributed by atoms with Gasteiger partial charge in [0.2, 0.25) is 0 Å². The van der Waals surface area contributed by atoms with E-state index in [1.807, 2.05) is 12.1 Å². The molecule has 4 heteroatoms. The molecular weight excluding hydrogens is 300 g/mol. The topological polar surface area (TPSA) is 26.3 Å². The van der Waals surface area contributed by atoms with Gasteiger partial charge in [-0.05, 0) is 18.2 Å². The number of alkyl halides is 1. The lowest BCUT2D eigenvalue weighted by atomic mass is 10.1. The third kappa shape index (κ3) is 1.65. The first kappa shape index (κ1) is 9.21. The molecule has 0 saturated heterocycles. The van der Waals surface area contributed by atoms with Crippen LogP contribution >= 0.6 is 31.9 Å². The van der Waals surface area contributed by atoms with E-state index in [0.717, 1.165) is 4.47 Å². The predicted molar refractivity (Wildman–Crippen MR) is 56.7 cm³/mol. The molecule has 0 spiro atoms. The number of ether oxygens (including phenoxy) is 1. The van der Waals surface area contributed by atoms with Crippen molar-refractivity contribution in [2.24, 2.45) is 0 Å². The van der Waals surface area contributed by atoms with E-state index in [1.54, 1.807) is 6.07 Å². The number of halogens is 2. The summed E-state index contributed by atoms with van der Waals surface area (Å²) in [6.07, 6.45) is 0. The lowest BCUT2D eigenvalue weighted by Crippen LogP contribution is -2.27. The van der Waals surface area contributed by atoms with Gasteiger partial charge in [-0.2, -0.15) is 0 Å². The van der Waals surface area contributed by atoms with E-state index in [-0.39, 0.29) is 10.6 Å². The summed E-state index contributed by atoms with van der Waals surface area (Å²) in [6, 6.07) is 5.42. The number of fused-ring (bicyclic) bond motifs is 1. The van der Waals surface area contributed by atoms with Crippen molar-refractivity contribution in [2.75, 3.05) is 6.61 Å². The van der Waals surface area contributed by atoms with Gasteiger partial charge in [0.15, 0.2) is 5.78 Å². The van der Waals surface area contributed by atoms with Crippen LogP contribution in [0.25, 0.3) is 0 Å². The van der Waals surface area contributed by atoms with Crippen molar-refractivity contribution in [3.63, 3.8) is 0 Å². The van der Waals surface area contributed by atoms with Gasteiger partial charge in [0.05, 0.1) is 5.56 Å². The van der Waals surface area contributed by atoms with E-state index in [0.29, 0.717) is 17.9 Å². The lowest BCUT2D eigenvalue weighted by molar-refractivity contribution is 0.0946. The molecule has 1 aromatic carbocycles. The fourth-order valence-electron chi connectivity index (χ4n) is 1.23. The van der Waals surface area contributed by atoms with Gasteiger partial charge in [-0.15, -0.1) is 0 Å². The quantitative estimate of drug-likeness (QED) is 0.689. The summed E-state index contributed by atoms with van der Waals surface area (Å²) in [5.41, 5.74) is 0.649. The van der Waals surface area contributed by atoms with Gasteiger partial charge in [0, 0.05) is 4.47 Å². The van der Waals surface area contributed by atoms with Crippen LogP contribution in [0.2, 0.25) is 0 Å². The van der Waals surface area contributed by atoms with E-state index in [9.17, 15) is 4.79 Å². The van der Waals surface area contributed by atoms with Crippen LogP contribution in [0.3, 0.4) is 0 Å². The first-order valence-corrected chi connectivity index (χ1v) is 5.50. The predicted octanol–water partition coefficient (Wildman–Crippen LogP) is 2.79. The summed E-state index contributed by atoms with van der Waals surface area (Å²) in [5.74, 6) is 0.754. The van der Waals surface area contributed by atoms with Gasteiger partial charge >= 0.3 is 0 Å². The Morgan fingerprint density at radius 1 is 1.46 bits per heavy atom. The third-order valence-electron chi connectivity index (χ3n) is 1.88. The molecule has 1 aliphatic rings. The highest BCUT2D eigenvalue weighted by molar-refractivity contribution is 9.10. The molecule has 0 aromatic heterocycles. The van der Waals surface area contributed by atoms with Gasteiger partial charge < -0.3 is 4.74 Å². The zero-order valence-corrected chi connectivity index (χ0v) is 9.76. The van der Waals surface area contributed by atoms with Crippen LogP contribution in [-0.2, 0) is 0 Å². The van der Waals surface area contributed by atoms with Crippen LogP contribution in [0.4, 0.5) is 0 Å². The fraction of sp³-hybridized carbons (Fsp3) is 0.222. The molecule has 0 N–H and O–H groups in total. The summed E-state index contributed by atoms with van der Waals surface area (Å²) in [7, 11) is 0. The summed E-state index contributed by atoms with van der Waals surface area (Å²) >= 11 is 6.58. The Morgan fingerprint density at radius 3 is 3.00 bits per heavy atom. The largest absolute Gasteiger partial charge is 0.491 e. The lowest BCUT2D eigenvalue weighted by Gasteiger charge is -2.20. The maximum absolute atomic E-state index is 11.6. The number of ketones is 1. The Morgan fingerprint density at radius 2 is 2.23 bits per heavy atom. The van der Waals surface area contributed by atoms with Crippen molar-refractivity contribution < 1.29 is 9.53 Å². The van der Waals surface area contributed by atoms with Gasteiger partial charge in [-0.3, -0.25) is 4.79 Å². The van der Waals surface area contributed by atoms with Crippen molar-refractivity contribution in [1.82, 2.24) is 0 Å². The van der Waals surface area contributed by atoms with E-state index < -0.39 is 0 Å². The standard InChI is InChI=1S/C9H6Br2O2/c10-5-1-2-6-8(3-5)13-4-7(11)9(6)12/h1-3,7H,4H2. The Bertz CT molecular complexity index is 363. The number of hydrogen-bond acceptors (Lipinski definition) is 2. The van der Waals surface area contributed by atoms with Gasteiger partial charge in [0.1, 0.15) is 17.2 Å². The molecule has 0 amide bonds. The first-order valence-electron chi connectivity index (χ1n) is 3.79. The van der Waals surface area contributed by atoms with Crippen molar-refractivity contribution in [2.45, 2.75) is 4.83 Å². The first-order chi connectivity index (χ1) is 6.18. The second-order valence-electron chi connectivity index (χ2n) is 2.78. The molecule has 1 aliphatic heterocycles. The molecule has 1 heterocycles. The van der Waals surface area contributed by atoms with Crippen LogP contribution < -0.4 is 4.74 Å². The minimum Gasteiger partial charge on any atom is -0.491 e. The second-order valence-corrected chi connectivity index (χ2v) is 4.80.